The highest BCUT2D eigenvalue weighted by atomic mass is 32.1. The fraction of sp³-hybridized carbons (Fsp3) is 0.105. The highest BCUT2D eigenvalue weighted by Crippen LogP contribution is 2.38. The van der Waals surface area contributed by atoms with E-state index in [-0.39, 0.29) is 11.6 Å². The van der Waals surface area contributed by atoms with Crippen LogP contribution in [0.2, 0.25) is 0 Å². The van der Waals surface area contributed by atoms with Crippen molar-refractivity contribution in [3.63, 3.8) is 0 Å². The molecule has 24 heavy (non-hydrogen) atoms. The van der Waals surface area contributed by atoms with Crippen LogP contribution in [0.4, 0.5) is 0 Å². The molecular weight excluding hydrogens is 318 g/mol. The van der Waals surface area contributed by atoms with Crippen molar-refractivity contribution in [2.24, 2.45) is 0 Å². The number of fused-ring (bicyclic) bond motifs is 2. The third-order valence-corrected chi connectivity index (χ3v) is 4.65. The highest BCUT2D eigenvalue weighted by molar-refractivity contribution is 7.71. The molecule has 1 aliphatic rings. The third-order valence-electron chi connectivity index (χ3n) is 4.32. The van der Waals surface area contributed by atoms with Crippen molar-refractivity contribution in [1.82, 2.24) is 15.0 Å². The molecule has 0 bridgehead atoms. The van der Waals surface area contributed by atoms with E-state index in [9.17, 15) is 4.79 Å². The van der Waals surface area contributed by atoms with Gasteiger partial charge in [0.15, 0.2) is 0 Å². The van der Waals surface area contributed by atoms with Crippen LogP contribution in [0.1, 0.15) is 39.4 Å². The maximum Gasteiger partial charge on any atom is 0.323 e. The molecule has 0 saturated carbocycles. The number of nitrogens with one attached hydrogen (secondary N) is 2. The minimum Gasteiger partial charge on any atom is -0.314 e. The summed E-state index contributed by atoms with van der Waals surface area (Å²) in [6.07, 6.45) is 7.62. The zero-order valence-electron chi connectivity index (χ0n) is 13.0. The molecule has 0 amide bonds. The van der Waals surface area contributed by atoms with Crippen LogP contribution in [0, 0.1) is 11.6 Å². The number of hydrogen-bond acceptors (Lipinski definition) is 3. The molecule has 2 N–H and O–H groups in total. The minimum atomic E-state index is -0.300. The summed E-state index contributed by atoms with van der Waals surface area (Å²) < 4.78 is 0.451. The van der Waals surface area contributed by atoms with E-state index in [1.54, 1.807) is 12.4 Å². The largest absolute Gasteiger partial charge is 0.323 e. The molecule has 4 rings (SSSR count). The van der Waals surface area contributed by atoms with Crippen LogP contribution < -0.4 is 5.69 Å². The molecule has 1 aliphatic carbocycles. The Morgan fingerprint density at radius 3 is 2.83 bits per heavy atom. The van der Waals surface area contributed by atoms with Gasteiger partial charge in [0.25, 0.3) is 0 Å². The number of aromatic amines is 2. The predicted molar refractivity (Wildman–Crippen MR) is 97.5 cm³/mol. The quantitative estimate of drug-likeness (QED) is 0.521. The van der Waals surface area contributed by atoms with E-state index in [1.165, 1.54) is 5.56 Å². The van der Waals surface area contributed by atoms with Crippen LogP contribution >= 0.6 is 12.2 Å². The zero-order chi connectivity index (χ0) is 16.7. The first-order valence-corrected chi connectivity index (χ1v) is 8.10. The normalized spacial score (nSPS) is 15.5. The van der Waals surface area contributed by atoms with Crippen LogP contribution in [0.5, 0.6) is 0 Å². The molecule has 3 aromatic rings. The molecule has 1 unspecified atom stereocenters. The van der Waals surface area contributed by atoms with Crippen molar-refractivity contribution < 1.29 is 0 Å². The highest BCUT2D eigenvalue weighted by Gasteiger charge is 2.25. The zero-order valence-corrected chi connectivity index (χ0v) is 13.9. The van der Waals surface area contributed by atoms with E-state index in [1.807, 2.05) is 12.1 Å². The Hall–Kier alpha value is -2.79. The van der Waals surface area contributed by atoms with Crippen molar-refractivity contribution in [2.75, 3.05) is 0 Å². The first-order valence-electron chi connectivity index (χ1n) is 7.69. The van der Waals surface area contributed by atoms with Gasteiger partial charge in [-0.25, -0.2) is 4.79 Å². The van der Waals surface area contributed by atoms with E-state index in [0.29, 0.717) is 4.64 Å². The second kappa shape index (κ2) is 5.69. The number of pyridine rings is 1. The number of hydrogen-bond donors (Lipinski definition) is 2. The summed E-state index contributed by atoms with van der Waals surface area (Å²) in [7, 11) is 0. The number of benzene rings is 1. The lowest BCUT2D eigenvalue weighted by molar-refractivity contribution is 0.904. The Labute approximate surface area is 143 Å². The van der Waals surface area contributed by atoms with E-state index in [0.717, 1.165) is 27.9 Å². The molecule has 0 radical (unpaired) electrons. The summed E-state index contributed by atoms with van der Waals surface area (Å²) in [6, 6.07) is 10.4. The van der Waals surface area contributed by atoms with E-state index in [4.69, 9.17) is 12.2 Å². The summed E-state index contributed by atoms with van der Waals surface area (Å²) in [4.78, 5) is 21.4. The number of nitrogens with zero attached hydrogens (tertiary/aromatic N) is 1. The number of aryl methyl sites for hydroxylation is 1. The lowest BCUT2D eigenvalue weighted by Crippen LogP contribution is -2.15. The third kappa shape index (κ3) is 2.43. The summed E-state index contributed by atoms with van der Waals surface area (Å²) >= 11 is 5.43. The SMILES string of the molecule is Cc1ccc2c(c1)C=Cc1ncccc1C2c1c[nH]c(=O)[nH]c1=S. The molecule has 118 valence electrons. The number of H-pyrrole nitrogens is 2. The lowest BCUT2D eigenvalue weighted by atomic mass is 9.84. The summed E-state index contributed by atoms with van der Waals surface area (Å²) in [5.41, 5.74) is 6.04. The topological polar surface area (TPSA) is 61.5 Å². The van der Waals surface area contributed by atoms with Gasteiger partial charge >= 0.3 is 5.69 Å². The molecule has 5 heteroatoms. The van der Waals surface area contributed by atoms with Gasteiger partial charge < -0.3 is 4.98 Å². The van der Waals surface area contributed by atoms with E-state index < -0.39 is 0 Å². The molecular formula is C19H15N3OS. The van der Waals surface area contributed by atoms with Crippen molar-refractivity contribution >= 4 is 24.4 Å². The van der Waals surface area contributed by atoms with Gasteiger partial charge in [-0.15, -0.1) is 0 Å². The van der Waals surface area contributed by atoms with Crippen LogP contribution in [0.3, 0.4) is 0 Å². The lowest BCUT2D eigenvalue weighted by Gasteiger charge is -2.20. The maximum absolute atomic E-state index is 11.5. The molecule has 0 spiro atoms. The molecule has 0 saturated heterocycles. The van der Waals surface area contributed by atoms with Crippen LogP contribution in [0.25, 0.3) is 12.2 Å². The van der Waals surface area contributed by atoms with Crippen molar-refractivity contribution in [3.8, 4) is 0 Å². The van der Waals surface area contributed by atoms with Gasteiger partial charge in [-0.05, 0) is 35.8 Å². The van der Waals surface area contributed by atoms with Crippen LogP contribution in [-0.2, 0) is 0 Å². The van der Waals surface area contributed by atoms with E-state index in [2.05, 4.69) is 52.2 Å². The summed E-state index contributed by atoms with van der Waals surface area (Å²) in [6.45, 7) is 2.08. The molecule has 4 nitrogen and oxygen atoms in total. The van der Waals surface area contributed by atoms with E-state index >= 15 is 0 Å². The molecule has 0 aliphatic heterocycles. The van der Waals surface area contributed by atoms with Crippen LogP contribution in [-0.4, -0.2) is 15.0 Å². The number of aromatic nitrogens is 3. The van der Waals surface area contributed by atoms with Crippen molar-refractivity contribution in [2.45, 2.75) is 12.8 Å². The van der Waals surface area contributed by atoms with Gasteiger partial charge in [-0.2, -0.15) is 0 Å². The average Bonchev–Trinajstić information content (AvgIpc) is 2.72. The molecule has 0 fully saturated rings. The van der Waals surface area contributed by atoms with Gasteiger partial charge in [0.2, 0.25) is 0 Å². The van der Waals surface area contributed by atoms with Gasteiger partial charge in [0.05, 0.1) is 5.69 Å². The van der Waals surface area contributed by atoms with Gasteiger partial charge in [-0.1, -0.05) is 48.1 Å². The molecule has 1 aromatic carbocycles. The summed E-state index contributed by atoms with van der Waals surface area (Å²) in [5, 5.41) is 0. The van der Waals surface area contributed by atoms with Gasteiger partial charge in [-0.3, -0.25) is 9.97 Å². The monoisotopic (exact) mass is 333 g/mol. The maximum atomic E-state index is 11.5. The van der Waals surface area contributed by atoms with Crippen molar-refractivity contribution in [1.29, 1.82) is 0 Å². The predicted octanol–water partition coefficient (Wildman–Crippen LogP) is 3.80. The second-order valence-electron chi connectivity index (χ2n) is 5.90. The standard InChI is InChI=1S/C19H15N3OS/c1-11-4-6-13-12(9-11)5-7-16-14(3-2-8-20-16)17(13)15-10-21-19(23)22-18(15)24/h2-10,17H,1H3,(H2,21,22,23,24). The first kappa shape index (κ1) is 14.8. The fourth-order valence-electron chi connectivity index (χ4n) is 3.22. The Morgan fingerprint density at radius 2 is 2.00 bits per heavy atom. The summed E-state index contributed by atoms with van der Waals surface area (Å²) in [5.74, 6) is -0.0834. The number of rotatable bonds is 1. The Morgan fingerprint density at radius 1 is 1.12 bits per heavy atom. The smallest absolute Gasteiger partial charge is 0.314 e. The minimum absolute atomic E-state index is 0.0834. The average molecular weight is 333 g/mol. The molecule has 1 atom stereocenters. The van der Waals surface area contributed by atoms with Gasteiger partial charge in [0.1, 0.15) is 4.64 Å². The Balaban J connectivity index is 2.06. The second-order valence-corrected chi connectivity index (χ2v) is 6.31. The van der Waals surface area contributed by atoms with Crippen molar-refractivity contribution in [3.05, 3.63) is 91.4 Å². The van der Waals surface area contributed by atoms with Gasteiger partial charge in [0, 0.05) is 23.9 Å². The Bertz CT molecular complexity index is 1080. The molecule has 2 aromatic heterocycles. The molecule has 2 heterocycles. The Kier molecular flexibility index (Phi) is 3.50. The van der Waals surface area contributed by atoms with Crippen LogP contribution in [0.15, 0.2) is 47.5 Å². The first-order chi connectivity index (χ1) is 11.6. The fourth-order valence-corrected chi connectivity index (χ4v) is 3.49.